The van der Waals surface area contributed by atoms with E-state index in [0.717, 1.165) is 6.08 Å². The van der Waals surface area contributed by atoms with Gasteiger partial charge in [-0.2, -0.15) is 0 Å². The Morgan fingerprint density at radius 1 is 1.91 bits per heavy atom. The van der Waals surface area contributed by atoms with Crippen LogP contribution in [0.15, 0.2) is 12.7 Å². The van der Waals surface area contributed by atoms with Crippen molar-refractivity contribution in [1.29, 1.82) is 0 Å². The van der Waals surface area contributed by atoms with E-state index in [0.29, 0.717) is 0 Å². The van der Waals surface area contributed by atoms with Crippen LogP contribution >= 0.6 is 0 Å². The van der Waals surface area contributed by atoms with Gasteiger partial charge in [-0.15, -0.1) is 0 Å². The van der Waals surface area contributed by atoms with Crippen LogP contribution in [-0.2, 0) is 19.1 Å². The topological polar surface area (TPSA) is 52.6 Å². The molecule has 0 N–H and O–H groups in total. The lowest BCUT2D eigenvalue weighted by Crippen LogP contribution is -2.48. The van der Waals surface area contributed by atoms with Crippen LogP contribution in [0.3, 0.4) is 0 Å². The highest BCUT2D eigenvalue weighted by molar-refractivity contribution is 5.83. The maximum Gasteiger partial charge on any atom is 0.333 e. The number of rotatable bonds is 2. The van der Waals surface area contributed by atoms with Crippen LogP contribution in [0.1, 0.15) is 13.3 Å². The minimum Gasteiger partial charge on any atom is -0.422 e. The predicted molar refractivity (Wildman–Crippen MR) is 35.4 cm³/mol. The molecule has 0 saturated carbocycles. The molecule has 0 spiro atoms. The SMILES string of the molecule is C=CC(=O)OC1(C)CC(=O)O1. The van der Waals surface area contributed by atoms with E-state index in [9.17, 15) is 9.59 Å². The average Bonchev–Trinajstić information content (AvgIpc) is 1.84. The van der Waals surface area contributed by atoms with E-state index in [1.807, 2.05) is 0 Å². The van der Waals surface area contributed by atoms with Crippen molar-refractivity contribution >= 4 is 11.9 Å². The van der Waals surface area contributed by atoms with Crippen molar-refractivity contribution in [2.24, 2.45) is 0 Å². The van der Waals surface area contributed by atoms with E-state index in [2.05, 4.69) is 11.3 Å². The largest absolute Gasteiger partial charge is 0.422 e. The molecule has 0 aliphatic carbocycles. The van der Waals surface area contributed by atoms with Gasteiger partial charge in [0.25, 0.3) is 5.79 Å². The summed E-state index contributed by atoms with van der Waals surface area (Å²) in [5.74, 6) is -1.99. The molecule has 11 heavy (non-hydrogen) atoms. The van der Waals surface area contributed by atoms with E-state index < -0.39 is 11.8 Å². The van der Waals surface area contributed by atoms with Crippen LogP contribution in [0.5, 0.6) is 0 Å². The lowest BCUT2D eigenvalue weighted by Gasteiger charge is -2.35. The van der Waals surface area contributed by atoms with Crippen LogP contribution in [0.25, 0.3) is 0 Å². The molecule has 0 aromatic rings. The first-order valence-corrected chi connectivity index (χ1v) is 3.13. The molecule has 1 unspecified atom stereocenters. The van der Waals surface area contributed by atoms with Crippen molar-refractivity contribution in [3.05, 3.63) is 12.7 Å². The summed E-state index contributed by atoms with van der Waals surface area (Å²) in [6.45, 7) is 4.73. The fraction of sp³-hybridized carbons (Fsp3) is 0.429. The second kappa shape index (κ2) is 2.38. The highest BCUT2D eigenvalue weighted by atomic mass is 16.8. The Morgan fingerprint density at radius 2 is 2.45 bits per heavy atom. The zero-order valence-corrected chi connectivity index (χ0v) is 6.12. The van der Waals surface area contributed by atoms with Gasteiger partial charge in [0.15, 0.2) is 0 Å². The molecule has 4 nitrogen and oxygen atoms in total. The van der Waals surface area contributed by atoms with Gasteiger partial charge < -0.3 is 9.47 Å². The number of ether oxygens (including phenoxy) is 2. The van der Waals surface area contributed by atoms with E-state index in [1.54, 1.807) is 0 Å². The minimum absolute atomic E-state index is 0.118. The van der Waals surface area contributed by atoms with Crippen LogP contribution in [0.4, 0.5) is 0 Å². The summed E-state index contributed by atoms with van der Waals surface area (Å²) in [5.41, 5.74) is 0. The molecule has 4 heteroatoms. The van der Waals surface area contributed by atoms with Crippen LogP contribution in [0, 0.1) is 0 Å². The van der Waals surface area contributed by atoms with Gasteiger partial charge >= 0.3 is 11.9 Å². The third-order valence-corrected chi connectivity index (χ3v) is 1.28. The van der Waals surface area contributed by atoms with Crippen molar-refractivity contribution in [2.45, 2.75) is 19.1 Å². The first-order chi connectivity index (χ1) is 5.06. The number of carbonyl (C=O) groups excluding carboxylic acids is 2. The Balaban J connectivity index is 2.43. The number of hydrogen-bond acceptors (Lipinski definition) is 4. The molecule has 1 aliphatic rings. The first-order valence-electron chi connectivity index (χ1n) is 3.13. The van der Waals surface area contributed by atoms with Gasteiger partial charge in [-0.05, 0) is 0 Å². The van der Waals surface area contributed by atoms with Gasteiger partial charge in [-0.25, -0.2) is 4.79 Å². The second-order valence-corrected chi connectivity index (χ2v) is 2.41. The highest BCUT2D eigenvalue weighted by Crippen LogP contribution is 2.28. The van der Waals surface area contributed by atoms with E-state index in [-0.39, 0.29) is 12.4 Å². The average molecular weight is 156 g/mol. The smallest absolute Gasteiger partial charge is 0.333 e. The first kappa shape index (κ1) is 7.78. The quantitative estimate of drug-likeness (QED) is 0.428. The van der Waals surface area contributed by atoms with Gasteiger partial charge in [0, 0.05) is 13.0 Å². The number of cyclic esters (lactones) is 1. The number of esters is 2. The summed E-state index contributed by atoms with van der Waals surface area (Å²) in [4.78, 5) is 20.9. The Labute approximate surface area is 63.8 Å². The van der Waals surface area contributed by atoms with E-state index >= 15 is 0 Å². The molecule has 60 valence electrons. The normalized spacial score (nSPS) is 28.3. The maximum atomic E-state index is 10.6. The number of carbonyl (C=O) groups is 2. The van der Waals surface area contributed by atoms with E-state index in [1.165, 1.54) is 6.92 Å². The summed E-state index contributed by atoms with van der Waals surface area (Å²) in [6, 6.07) is 0. The Kier molecular flexibility index (Phi) is 1.68. The second-order valence-electron chi connectivity index (χ2n) is 2.41. The van der Waals surface area contributed by atoms with Crippen molar-refractivity contribution in [3.63, 3.8) is 0 Å². The van der Waals surface area contributed by atoms with Gasteiger partial charge in [0.1, 0.15) is 6.42 Å². The summed E-state index contributed by atoms with van der Waals surface area (Å²) in [7, 11) is 0. The maximum absolute atomic E-state index is 10.6. The lowest BCUT2D eigenvalue weighted by atomic mass is 10.1. The van der Waals surface area contributed by atoms with Crippen LogP contribution < -0.4 is 0 Å². The highest BCUT2D eigenvalue weighted by Gasteiger charge is 2.45. The van der Waals surface area contributed by atoms with Gasteiger partial charge in [0.05, 0.1) is 0 Å². The Morgan fingerprint density at radius 3 is 2.82 bits per heavy atom. The lowest BCUT2D eigenvalue weighted by molar-refractivity contribution is -0.258. The van der Waals surface area contributed by atoms with Crippen molar-refractivity contribution in [2.75, 3.05) is 0 Å². The predicted octanol–water partition coefficient (Wildman–Crippen LogP) is 0.379. The van der Waals surface area contributed by atoms with E-state index in [4.69, 9.17) is 4.74 Å². The zero-order chi connectivity index (χ0) is 8.48. The molecule has 0 bridgehead atoms. The Hall–Kier alpha value is -1.32. The molecular weight excluding hydrogens is 148 g/mol. The molecule has 0 amide bonds. The molecule has 1 atom stereocenters. The van der Waals surface area contributed by atoms with Gasteiger partial charge in [-0.1, -0.05) is 6.58 Å². The fourth-order valence-electron chi connectivity index (χ4n) is 0.806. The van der Waals surface area contributed by atoms with Crippen molar-refractivity contribution in [3.8, 4) is 0 Å². The van der Waals surface area contributed by atoms with Gasteiger partial charge in [0.2, 0.25) is 0 Å². The monoisotopic (exact) mass is 156 g/mol. The molecule has 0 aromatic heterocycles. The molecule has 1 aliphatic heterocycles. The summed E-state index contributed by atoms with van der Waals surface area (Å²) >= 11 is 0. The van der Waals surface area contributed by atoms with Gasteiger partial charge in [-0.3, -0.25) is 4.79 Å². The van der Waals surface area contributed by atoms with Crippen molar-refractivity contribution in [1.82, 2.24) is 0 Å². The summed E-state index contributed by atoms with van der Waals surface area (Å²) in [5, 5.41) is 0. The molecule has 1 saturated heterocycles. The van der Waals surface area contributed by atoms with Crippen LogP contribution in [0.2, 0.25) is 0 Å². The van der Waals surface area contributed by atoms with Crippen molar-refractivity contribution < 1.29 is 19.1 Å². The Bertz CT molecular complexity index is 210. The molecule has 0 aromatic carbocycles. The summed E-state index contributed by atoms with van der Waals surface area (Å²) in [6.07, 6.45) is 1.14. The third-order valence-electron chi connectivity index (χ3n) is 1.28. The van der Waals surface area contributed by atoms with Crippen LogP contribution in [-0.4, -0.2) is 17.7 Å². The standard InChI is InChI=1S/C7H8O4/c1-3-5(8)10-7(2)4-6(9)11-7/h3H,1,4H2,2H3. The number of hydrogen-bond donors (Lipinski definition) is 0. The molecular formula is C7H8O4. The molecule has 1 heterocycles. The fourth-order valence-corrected chi connectivity index (χ4v) is 0.806. The molecule has 0 radical (unpaired) electrons. The molecule has 1 rings (SSSR count). The zero-order valence-electron chi connectivity index (χ0n) is 6.12. The summed E-state index contributed by atoms with van der Waals surface area (Å²) < 4.78 is 9.26. The molecule has 1 fully saturated rings. The minimum atomic E-state index is -1.05. The third kappa shape index (κ3) is 1.58.